The van der Waals surface area contributed by atoms with Crippen molar-refractivity contribution in [3.05, 3.63) is 132 Å². The Morgan fingerprint density at radius 2 is 1.39 bits per heavy atom. The Labute approximate surface area is 254 Å². The van der Waals surface area contributed by atoms with Gasteiger partial charge >= 0.3 is 5.97 Å². The maximum Gasteiger partial charge on any atom is 0.356 e. The molecule has 0 aliphatic carbocycles. The molecule has 224 valence electrons. The van der Waals surface area contributed by atoms with Gasteiger partial charge in [0, 0.05) is 11.1 Å². The highest BCUT2D eigenvalue weighted by Gasteiger charge is 2.30. The Balaban J connectivity index is 0.000000175. The molecule has 10 nitrogen and oxygen atoms in total. The minimum absolute atomic E-state index is 0.0324. The first-order valence-electron chi connectivity index (χ1n) is 13.2. The minimum Gasteiger partial charge on any atom is -0.456 e. The van der Waals surface area contributed by atoms with E-state index >= 15 is 0 Å². The highest BCUT2D eigenvalue weighted by molar-refractivity contribution is 7.89. The van der Waals surface area contributed by atoms with Crippen LogP contribution in [-0.2, 0) is 29.6 Å². The second kappa shape index (κ2) is 12.7. The molecule has 0 saturated heterocycles. The minimum atomic E-state index is -3.83. The van der Waals surface area contributed by atoms with Crippen molar-refractivity contribution < 1.29 is 30.8 Å². The number of nitrogens with two attached hydrogens (primary N) is 1. The Bertz CT molecular complexity index is 2030. The fourth-order valence-corrected chi connectivity index (χ4v) is 6.33. The van der Waals surface area contributed by atoms with Crippen LogP contribution in [0.5, 0.6) is 0 Å². The maximum absolute atomic E-state index is 12.4. The zero-order valence-electron chi connectivity index (χ0n) is 23.4. The van der Waals surface area contributed by atoms with Crippen LogP contribution in [-0.4, -0.2) is 34.4 Å². The van der Waals surface area contributed by atoms with Crippen molar-refractivity contribution in [3.8, 4) is 22.6 Å². The maximum atomic E-state index is 12.4. The average Bonchev–Trinajstić information content (AvgIpc) is 3.68. The second-order valence-electron chi connectivity index (χ2n) is 9.63. The summed E-state index contributed by atoms with van der Waals surface area (Å²) in [6.07, 6.45) is 2.96. The summed E-state index contributed by atoms with van der Waals surface area (Å²) < 4.78 is 60.8. The standard InChI is InChI=1S/C16H14N2O3S.C16H13NO4S/c1-11-9-13(22(17,19)20)10-14(16-18-7-8-21-16)15(11)12-5-3-2-4-6-12;18-16-15(14(11-21-16)12-7-3-1-4-8-12)17-22(19,20)13-9-5-2-6-10-13/h2-10H,1H3,(H2,17,19,20);1-10,17H,11H2. The molecule has 0 atom stereocenters. The van der Waals surface area contributed by atoms with E-state index in [9.17, 15) is 21.6 Å². The van der Waals surface area contributed by atoms with E-state index in [0.29, 0.717) is 17.0 Å². The van der Waals surface area contributed by atoms with E-state index in [-0.39, 0.29) is 22.1 Å². The predicted molar refractivity (Wildman–Crippen MR) is 165 cm³/mol. The molecule has 6 rings (SSSR count). The van der Waals surface area contributed by atoms with Crippen LogP contribution in [0, 0.1) is 6.92 Å². The van der Waals surface area contributed by atoms with Crippen molar-refractivity contribution in [3.63, 3.8) is 0 Å². The van der Waals surface area contributed by atoms with Crippen LogP contribution in [0.15, 0.2) is 135 Å². The van der Waals surface area contributed by atoms with Gasteiger partial charge in [0.15, 0.2) is 0 Å². The van der Waals surface area contributed by atoms with Crippen LogP contribution >= 0.6 is 0 Å². The number of benzene rings is 4. The van der Waals surface area contributed by atoms with Crippen molar-refractivity contribution in [1.82, 2.24) is 9.71 Å². The van der Waals surface area contributed by atoms with E-state index < -0.39 is 26.0 Å². The third-order valence-corrected chi connectivity index (χ3v) is 8.89. The highest BCUT2D eigenvalue weighted by atomic mass is 32.2. The molecule has 12 heteroatoms. The largest absolute Gasteiger partial charge is 0.456 e. The smallest absolute Gasteiger partial charge is 0.356 e. The number of nitrogens with zero attached hydrogens (tertiary/aromatic N) is 1. The lowest BCUT2D eigenvalue weighted by atomic mass is 9.95. The Morgan fingerprint density at radius 3 is 1.95 bits per heavy atom. The molecule has 44 heavy (non-hydrogen) atoms. The molecule has 0 bridgehead atoms. The molecule has 0 saturated carbocycles. The summed E-state index contributed by atoms with van der Waals surface area (Å²) in [4.78, 5) is 16.1. The van der Waals surface area contributed by atoms with Gasteiger partial charge in [0.25, 0.3) is 10.0 Å². The van der Waals surface area contributed by atoms with Gasteiger partial charge in [0.1, 0.15) is 18.6 Å². The van der Waals surface area contributed by atoms with E-state index in [0.717, 1.165) is 22.3 Å². The van der Waals surface area contributed by atoms with Crippen molar-refractivity contribution >= 4 is 31.6 Å². The number of esters is 1. The number of cyclic esters (lactones) is 1. The molecule has 1 aromatic heterocycles. The predicted octanol–water partition coefficient (Wildman–Crippen LogP) is 4.90. The van der Waals surface area contributed by atoms with Gasteiger partial charge in [-0.3, -0.25) is 4.72 Å². The molecule has 3 N–H and O–H groups in total. The molecule has 2 heterocycles. The number of rotatable bonds is 7. The average molecular weight is 630 g/mol. The van der Waals surface area contributed by atoms with E-state index in [4.69, 9.17) is 14.3 Å². The summed E-state index contributed by atoms with van der Waals surface area (Å²) in [5, 5.41) is 5.26. The topological polar surface area (TPSA) is 159 Å². The molecule has 0 fully saturated rings. The number of nitrogens with one attached hydrogen (secondary N) is 1. The summed E-state index contributed by atoms with van der Waals surface area (Å²) >= 11 is 0. The van der Waals surface area contributed by atoms with E-state index in [2.05, 4.69) is 9.71 Å². The number of sulfonamides is 2. The van der Waals surface area contributed by atoms with Gasteiger partial charge in [0.2, 0.25) is 15.9 Å². The van der Waals surface area contributed by atoms with Crippen LogP contribution in [0.4, 0.5) is 0 Å². The molecule has 0 amide bonds. The highest BCUT2D eigenvalue weighted by Crippen LogP contribution is 2.36. The van der Waals surface area contributed by atoms with Gasteiger partial charge in [-0.05, 0) is 53.4 Å². The molecule has 4 aromatic carbocycles. The molecule has 1 aliphatic heterocycles. The molecule has 0 spiro atoms. The number of hydrogen-bond acceptors (Lipinski definition) is 8. The Hall–Kier alpha value is -5.04. The molecule has 1 aliphatic rings. The third-order valence-electron chi connectivity index (χ3n) is 6.63. The fraction of sp³-hybridized carbons (Fsp3) is 0.0625. The van der Waals surface area contributed by atoms with Gasteiger partial charge in [-0.25, -0.2) is 31.8 Å². The number of carbonyl (C=O) groups excluding carboxylic acids is 1. The molecule has 0 unspecified atom stereocenters. The number of primary sulfonamides is 1. The van der Waals surface area contributed by atoms with Crippen LogP contribution < -0.4 is 9.86 Å². The fourth-order valence-electron chi connectivity index (χ4n) is 4.60. The van der Waals surface area contributed by atoms with E-state index in [1.807, 2.05) is 55.5 Å². The van der Waals surface area contributed by atoms with Crippen LogP contribution in [0.2, 0.25) is 0 Å². The second-order valence-corrected chi connectivity index (χ2v) is 12.9. The van der Waals surface area contributed by atoms with Crippen LogP contribution in [0.1, 0.15) is 11.1 Å². The molecular weight excluding hydrogens is 603 g/mol. The quantitative estimate of drug-likeness (QED) is 0.241. The number of ether oxygens (including phenoxy) is 1. The van der Waals surface area contributed by atoms with E-state index in [1.54, 1.807) is 36.4 Å². The van der Waals surface area contributed by atoms with Crippen LogP contribution in [0.3, 0.4) is 0 Å². The van der Waals surface area contributed by atoms with Crippen molar-refractivity contribution in [2.24, 2.45) is 5.14 Å². The van der Waals surface area contributed by atoms with Gasteiger partial charge in [-0.15, -0.1) is 0 Å². The number of aryl methyl sites for hydroxylation is 1. The van der Waals surface area contributed by atoms with Gasteiger partial charge < -0.3 is 9.15 Å². The number of hydrogen-bond donors (Lipinski definition) is 2. The zero-order valence-corrected chi connectivity index (χ0v) is 25.0. The lowest BCUT2D eigenvalue weighted by Crippen LogP contribution is -2.26. The number of carbonyl (C=O) groups is 1. The first kappa shape index (κ1) is 30.4. The monoisotopic (exact) mass is 629 g/mol. The molecular formula is C32H27N3O7S2. The summed E-state index contributed by atoms with van der Waals surface area (Å²) in [5.74, 6) is -0.314. The van der Waals surface area contributed by atoms with Gasteiger partial charge in [-0.2, -0.15) is 0 Å². The molecule has 0 radical (unpaired) electrons. The van der Waals surface area contributed by atoms with Gasteiger partial charge in [0.05, 0.1) is 16.0 Å². The van der Waals surface area contributed by atoms with Crippen molar-refractivity contribution in [1.29, 1.82) is 0 Å². The molecule has 5 aromatic rings. The Morgan fingerprint density at radius 1 is 0.795 bits per heavy atom. The zero-order chi connectivity index (χ0) is 31.3. The number of oxazole rings is 1. The summed E-state index contributed by atoms with van der Waals surface area (Å²) in [7, 11) is -7.63. The van der Waals surface area contributed by atoms with Crippen LogP contribution in [0.25, 0.3) is 28.2 Å². The number of aromatic nitrogens is 1. The first-order chi connectivity index (χ1) is 21.0. The summed E-state index contributed by atoms with van der Waals surface area (Å²) in [5.41, 5.74) is 4.45. The van der Waals surface area contributed by atoms with E-state index in [1.165, 1.54) is 30.7 Å². The summed E-state index contributed by atoms with van der Waals surface area (Å²) in [6.45, 7) is 1.89. The van der Waals surface area contributed by atoms with Crippen molar-refractivity contribution in [2.75, 3.05) is 6.61 Å². The lowest BCUT2D eigenvalue weighted by molar-refractivity contribution is -0.136. The van der Waals surface area contributed by atoms with Crippen molar-refractivity contribution in [2.45, 2.75) is 16.7 Å². The first-order valence-corrected chi connectivity index (χ1v) is 16.2. The SMILES string of the molecule is Cc1cc(S(N)(=O)=O)cc(-c2ncco2)c1-c1ccccc1.O=C1OCC(c2ccccc2)=C1NS(=O)(=O)c1ccccc1. The third kappa shape index (κ3) is 6.78. The van der Waals surface area contributed by atoms with Gasteiger partial charge in [-0.1, -0.05) is 78.9 Å². The Kier molecular flexibility index (Phi) is 8.76. The normalized spacial score (nSPS) is 13.2. The summed E-state index contributed by atoms with van der Waals surface area (Å²) in [6, 6.07) is 29.7. The lowest BCUT2D eigenvalue weighted by Gasteiger charge is -2.13.